The molecule has 1 atom stereocenters. The molecule has 0 fully saturated rings. The number of aromatic nitrogens is 1. The van der Waals surface area contributed by atoms with Crippen LogP contribution in [0.2, 0.25) is 0 Å². The molecule has 7 heteroatoms. The van der Waals surface area contributed by atoms with Crippen molar-refractivity contribution < 1.29 is 9.90 Å². The average molecular weight is 371 g/mol. The first-order valence-corrected chi connectivity index (χ1v) is 8.88. The second kappa shape index (κ2) is 11.6. The quantitative estimate of drug-likeness (QED) is 0.255. The molecule has 0 aliphatic rings. The summed E-state index contributed by atoms with van der Waals surface area (Å²) in [5.41, 5.74) is 15.3. The first-order valence-electron chi connectivity index (χ1n) is 8.88. The summed E-state index contributed by atoms with van der Waals surface area (Å²) >= 11 is 0. The number of carboxylic acids is 1. The van der Waals surface area contributed by atoms with Gasteiger partial charge in [0, 0.05) is 24.7 Å². The second-order valence-electron chi connectivity index (χ2n) is 6.27. The molecule has 0 aliphatic carbocycles. The topological polar surface area (TPSA) is 141 Å². The van der Waals surface area contributed by atoms with Gasteiger partial charge in [-0.15, -0.1) is 0 Å². The van der Waals surface area contributed by atoms with Gasteiger partial charge in [0.2, 0.25) is 0 Å². The Morgan fingerprint density at radius 1 is 1.22 bits per heavy atom. The Bertz CT molecular complexity index is 727. The van der Waals surface area contributed by atoms with Crippen molar-refractivity contribution in [3.8, 4) is 11.3 Å². The SMILES string of the molecule is CCCC(C/C(N)=N/N)C(=O)O.Cc1ccc(-c2ccc(CN)cc2)nc1. The van der Waals surface area contributed by atoms with Gasteiger partial charge in [-0.1, -0.05) is 43.7 Å². The third-order valence-corrected chi connectivity index (χ3v) is 4.00. The van der Waals surface area contributed by atoms with Crippen molar-refractivity contribution in [1.82, 2.24) is 4.98 Å². The molecule has 7 nitrogen and oxygen atoms in total. The maximum absolute atomic E-state index is 10.6. The molecular formula is C20H29N5O2. The number of aryl methyl sites for hydroxylation is 1. The summed E-state index contributed by atoms with van der Waals surface area (Å²) in [7, 11) is 0. The molecule has 0 saturated heterocycles. The number of pyridine rings is 1. The highest BCUT2D eigenvalue weighted by Gasteiger charge is 2.17. The molecule has 0 amide bonds. The number of benzene rings is 1. The van der Waals surface area contributed by atoms with Gasteiger partial charge in [0.1, 0.15) is 5.84 Å². The molecule has 1 aromatic heterocycles. The number of carboxylic acid groups (broad SMARTS) is 1. The number of nitrogens with zero attached hydrogens (tertiary/aromatic N) is 2. The molecule has 1 aromatic carbocycles. The minimum absolute atomic E-state index is 0.191. The van der Waals surface area contributed by atoms with Gasteiger partial charge < -0.3 is 22.4 Å². The summed E-state index contributed by atoms with van der Waals surface area (Å²) in [4.78, 5) is 15.0. The highest BCUT2D eigenvalue weighted by molar-refractivity contribution is 5.84. The predicted octanol–water partition coefficient (Wildman–Crippen LogP) is 2.62. The molecule has 0 spiro atoms. The second-order valence-corrected chi connectivity index (χ2v) is 6.27. The van der Waals surface area contributed by atoms with Gasteiger partial charge in [-0.3, -0.25) is 9.78 Å². The van der Waals surface area contributed by atoms with Crippen LogP contribution in [0.1, 0.15) is 37.3 Å². The van der Waals surface area contributed by atoms with Crippen molar-refractivity contribution in [3.63, 3.8) is 0 Å². The minimum Gasteiger partial charge on any atom is -0.481 e. The third kappa shape index (κ3) is 7.87. The lowest BCUT2D eigenvalue weighted by Crippen LogP contribution is -2.23. The van der Waals surface area contributed by atoms with Crippen molar-refractivity contribution in [2.45, 2.75) is 39.7 Å². The smallest absolute Gasteiger partial charge is 0.306 e. The maximum Gasteiger partial charge on any atom is 0.306 e. The van der Waals surface area contributed by atoms with Crippen LogP contribution in [0.5, 0.6) is 0 Å². The molecular weight excluding hydrogens is 342 g/mol. The third-order valence-electron chi connectivity index (χ3n) is 4.00. The first-order chi connectivity index (χ1) is 12.9. The lowest BCUT2D eigenvalue weighted by atomic mass is 10.00. The monoisotopic (exact) mass is 371 g/mol. The fraction of sp³-hybridized carbons (Fsp3) is 0.350. The van der Waals surface area contributed by atoms with Gasteiger partial charge >= 0.3 is 5.97 Å². The fourth-order valence-corrected chi connectivity index (χ4v) is 2.42. The van der Waals surface area contributed by atoms with Crippen LogP contribution >= 0.6 is 0 Å². The number of amidine groups is 1. The average Bonchev–Trinajstić information content (AvgIpc) is 2.68. The molecule has 0 aliphatic heterocycles. The summed E-state index contributed by atoms with van der Waals surface area (Å²) < 4.78 is 0. The van der Waals surface area contributed by atoms with Crippen molar-refractivity contribution in [2.24, 2.45) is 28.3 Å². The largest absolute Gasteiger partial charge is 0.481 e. The summed E-state index contributed by atoms with van der Waals surface area (Å²) in [6.07, 6.45) is 3.53. The first kappa shape index (κ1) is 22.1. The lowest BCUT2D eigenvalue weighted by molar-refractivity contribution is -0.141. The maximum atomic E-state index is 10.6. The van der Waals surface area contributed by atoms with Crippen LogP contribution in [-0.4, -0.2) is 21.9 Å². The Hall–Kier alpha value is -2.93. The van der Waals surface area contributed by atoms with E-state index in [0.717, 1.165) is 23.2 Å². The zero-order chi connectivity index (χ0) is 20.2. The minimum atomic E-state index is -0.844. The number of nitrogens with two attached hydrogens (primary N) is 3. The highest BCUT2D eigenvalue weighted by Crippen LogP contribution is 2.17. The van der Waals surface area contributed by atoms with Gasteiger partial charge in [-0.2, -0.15) is 5.10 Å². The molecule has 27 heavy (non-hydrogen) atoms. The Morgan fingerprint density at radius 3 is 2.33 bits per heavy atom. The standard InChI is InChI=1S/C13H14N2.C7H15N3O2/c1-10-2-7-13(15-9-10)12-5-3-11(8-14)4-6-12;1-2-3-5(7(11)12)4-6(8)10-9/h2-7,9H,8,14H2,1H3;5H,2-4,9H2,1H3,(H2,8,10)(H,11,12). The van der Waals surface area contributed by atoms with Crippen molar-refractivity contribution >= 4 is 11.8 Å². The van der Waals surface area contributed by atoms with Crippen molar-refractivity contribution in [3.05, 3.63) is 53.7 Å². The van der Waals surface area contributed by atoms with E-state index in [2.05, 4.69) is 28.3 Å². The normalized spacial score (nSPS) is 12.0. The van der Waals surface area contributed by atoms with E-state index in [9.17, 15) is 4.79 Å². The van der Waals surface area contributed by atoms with Gasteiger partial charge in [0.05, 0.1) is 11.6 Å². The molecule has 0 bridgehead atoms. The van der Waals surface area contributed by atoms with Gasteiger partial charge in [-0.25, -0.2) is 0 Å². The van der Waals surface area contributed by atoms with E-state index in [1.165, 1.54) is 5.56 Å². The zero-order valence-electron chi connectivity index (χ0n) is 15.9. The molecule has 146 valence electrons. The van der Waals surface area contributed by atoms with Crippen LogP contribution in [0.15, 0.2) is 47.7 Å². The van der Waals surface area contributed by atoms with E-state index in [1.54, 1.807) is 0 Å². The lowest BCUT2D eigenvalue weighted by Gasteiger charge is -2.09. The Balaban J connectivity index is 0.000000279. The van der Waals surface area contributed by atoms with E-state index in [-0.39, 0.29) is 12.3 Å². The number of hydrogen-bond donors (Lipinski definition) is 4. The van der Waals surface area contributed by atoms with E-state index in [4.69, 9.17) is 22.4 Å². The van der Waals surface area contributed by atoms with Gasteiger partial charge in [0.15, 0.2) is 0 Å². The molecule has 2 rings (SSSR count). The van der Waals surface area contributed by atoms with Crippen LogP contribution in [0.25, 0.3) is 11.3 Å². The number of carbonyl (C=O) groups is 1. The fourth-order valence-electron chi connectivity index (χ4n) is 2.42. The summed E-state index contributed by atoms with van der Waals surface area (Å²) in [5.74, 6) is 3.78. The van der Waals surface area contributed by atoms with Crippen molar-refractivity contribution in [2.75, 3.05) is 0 Å². The Kier molecular flexibility index (Phi) is 9.53. The molecule has 1 unspecified atom stereocenters. The highest BCUT2D eigenvalue weighted by atomic mass is 16.4. The van der Waals surface area contributed by atoms with E-state index in [1.807, 2.05) is 38.2 Å². The van der Waals surface area contributed by atoms with E-state index < -0.39 is 11.9 Å². The molecule has 0 saturated carbocycles. The molecule has 7 N–H and O–H groups in total. The predicted molar refractivity (Wildman–Crippen MR) is 109 cm³/mol. The van der Waals surface area contributed by atoms with Crippen LogP contribution in [0, 0.1) is 12.8 Å². The number of hydrogen-bond acceptors (Lipinski definition) is 5. The van der Waals surface area contributed by atoms with Crippen molar-refractivity contribution in [1.29, 1.82) is 0 Å². The van der Waals surface area contributed by atoms with Crippen LogP contribution in [0.4, 0.5) is 0 Å². The number of aliphatic carboxylic acids is 1. The number of rotatable bonds is 7. The molecule has 2 aromatic rings. The summed E-state index contributed by atoms with van der Waals surface area (Å²) in [5, 5.41) is 11.9. The summed E-state index contributed by atoms with van der Waals surface area (Å²) in [6, 6.07) is 12.3. The van der Waals surface area contributed by atoms with E-state index in [0.29, 0.717) is 13.0 Å². The molecule has 0 radical (unpaired) electrons. The molecule has 1 heterocycles. The van der Waals surface area contributed by atoms with Gasteiger partial charge in [-0.05, 0) is 30.5 Å². The van der Waals surface area contributed by atoms with Crippen LogP contribution in [0.3, 0.4) is 0 Å². The Morgan fingerprint density at radius 2 is 1.89 bits per heavy atom. The van der Waals surface area contributed by atoms with Gasteiger partial charge in [0.25, 0.3) is 0 Å². The summed E-state index contributed by atoms with van der Waals surface area (Å²) in [6.45, 7) is 4.54. The Labute approximate surface area is 160 Å². The zero-order valence-corrected chi connectivity index (χ0v) is 15.9. The van der Waals surface area contributed by atoms with E-state index >= 15 is 0 Å². The van der Waals surface area contributed by atoms with Crippen LogP contribution in [-0.2, 0) is 11.3 Å². The van der Waals surface area contributed by atoms with Crippen LogP contribution < -0.4 is 17.3 Å². The number of hydrazone groups is 1.